The van der Waals surface area contributed by atoms with Crippen molar-refractivity contribution in [2.75, 3.05) is 13.1 Å². The molecule has 1 aliphatic carbocycles. The molecule has 1 N–H and O–H groups in total. The smallest absolute Gasteiger partial charge is 0.237 e. The number of likely N-dealkylation sites (tertiary alicyclic amines) is 1. The molecule has 2 rings (SSSR count). The van der Waals surface area contributed by atoms with Crippen LogP contribution in [-0.4, -0.2) is 36.0 Å². The van der Waals surface area contributed by atoms with E-state index >= 15 is 0 Å². The van der Waals surface area contributed by atoms with E-state index < -0.39 is 0 Å². The van der Waals surface area contributed by atoms with Gasteiger partial charge in [-0.15, -0.1) is 0 Å². The Labute approximate surface area is 128 Å². The summed E-state index contributed by atoms with van der Waals surface area (Å²) >= 11 is 0. The molecule has 21 heavy (non-hydrogen) atoms. The Hall–Kier alpha value is -1.08. The average Bonchev–Trinajstić information content (AvgIpc) is 2.51. The molecule has 1 heterocycles. The highest BCUT2D eigenvalue weighted by molar-refractivity contribution is 5.81. The summed E-state index contributed by atoms with van der Waals surface area (Å²) < 4.78 is 0. The van der Waals surface area contributed by atoms with Crippen LogP contribution in [0, 0.1) is 29.1 Å². The minimum Gasteiger partial charge on any atom is -0.352 e. The van der Waals surface area contributed by atoms with Gasteiger partial charge in [-0.05, 0) is 38.0 Å². The molecule has 1 saturated heterocycles. The highest BCUT2D eigenvalue weighted by Gasteiger charge is 2.31. The number of nitriles is 1. The molecule has 2 aliphatic rings. The van der Waals surface area contributed by atoms with Crippen LogP contribution in [0.1, 0.15) is 52.9 Å². The maximum atomic E-state index is 12.5. The van der Waals surface area contributed by atoms with Crippen LogP contribution in [0.15, 0.2) is 0 Å². The molecule has 1 amide bonds. The van der Waals surface area contributed by atoms with Gasteiger partial charge in [-0.25, -0.2) is 0 Å². The van der Waals surface area contributed by atoms with Gasteiger partial charge < -0.3 is 5.32 Å². The van der Waals surface area contributed by atoms with E-state index in [9.17, 15) is 4.79 Å². The fourth-order valence-corrected chi connectivity index (χ4v) is 3.67. The normalized spacial score (nSPS) is 33.1. The molecule has 0 radical (unpaired) electrons. The lowest BCUT2D eigenvalue weighted by Crippen LogP contribution is -2.52. The molecule has 0 spiro atoms. The molecular formula is C17H29N3O. The van der Waals surface area contributed by atoms with Crippen LogP contribution in [0.25, 0.3) is 0 Å². The Kier molecular flexibility index (Phi) is 5.64. The molecule has 4 heteroatoms. The van der Waals surface area contributed by atoms with Crippen LogP contribution in [0.4, 0.5) is 0 Å². The summed E-state index contributed by atoms with van der Waals surface area (Å²) in [4.78, 5) is 14.7. The van der Waals surface area contributed by atoms with E-state index in [1.54, 1.807) is 0 Å². The lowest BCUT2D eigenvalue weighted by molar-refractivity contribution is -0.127. The van der Waals surface area contributed by atoms with E-state index in [2.05, 4.69) is 30.1 Å². The van der Waals surface area contributed by atoms with Crippen molar-refractivity contribution < 1.29 is 4.79 Å². The van der Waals surface area contributed by atoms with E-state index in [1.807, 2.05) is 6.92 Å². The first kappa shape index (κ1) is 16.3. The van der Waals surface area contributed by atoms with Gasteiger partial charge in [0, 0.05) is 25.0 Å². The molecule has 4 atom stereocenters. The van der Waals surface area contributed by atoms with Gasteiger partial charge in [0.2, 0.25) is 5.91 Å². The molecule has 0 aromatic rings. The van der Waals surface area contributed by atoms with Crippen LogP contribution in [0.5, 0.6) is 0 Å². The second-order valence-electron chi connectivity index (χ2n) is 7.00. The fraction of sp³-hybridized carbons (Fsp3) is 0.882. The van der Waals surface area contributed by atoms with Gasteiger partial charge in [0.1, 0.15) is 0 Å². The number of carbonyl (C=O) groups excluding carboxylic acids is 1. The standard InChI is InChI=1S/C17H29N3O/c1-12-5-4-6-16(13(12)2)19-17(21)14(3)20-9-7-15(11-18)8-10-20/h12-16H,4-10H2,1-3H3,(H,19,21). The van der Waals surface area contributed by atoms with Crippen LogP contribution >= 0.6 is 0 Å². The zero-order chi connectivity index (χ0) is 15.4. The third-order valence-electron chi connectivity index (χ3n) is 5.67. The number of piperidine rings is 1. The predicted molar refractivity (Wildman–Crippen MR) is 83.5 cm³/mol. The molecule has 0 aromatic heterocycles. The van der Waals surface area contributed by atoms with Gasteiger partial charge in [-0.1, -0.05) is 26.7 Å². The van der Waals surface area contributed by atoms with Crippen LogP contribution < -0.4 is 5.32 Å². The maximum absolute atomic E-state index is 12.5. The van der Waals surface area contributed by atoms with E-state index in [-0.39, 0.29) is 17.9 Å². The van der Waals surface area contributed by atoms with Crippen molar-refractivity contribution in [1.82, 2.24) is 10.2 Å². The summed E-state index contributed by atoms with van der Waals surface area (Å²) in [5, 5.41) is 12.2. The second-order valence-corrected chi connectivity index (χ2v) is 7.00. The van der Waals surface area contributed by atoms with E-state index in [4.69, 9.17) is 5.26 Å². The Morgan fingerprint density at radius 2 is 1.90 bits per heavy atom. The van der Waals surface area contributed by atoms with Gasteiger partial charge in [-0.3, -0.25) is 9.69 Å². The lowest BCUT2D eigenvalue weighted by Gasteiger charge is -2.37. The largest absolute Gasteiger partial charge is 0.352 e. The summed E-state index contributed by atoms with van der Waals surface area (Å²) in [6, 6.07) is 2.60. The van der Waals surface area contributed by atoms with E-state index in [0.717, 1.165) is 32.4 Å². The molecule has 1 aliphatic heterocycles. The monoisotopic (exact) mass is 291 g/mol. The van der Waals surface area contributed by atoms with Crippen molar-refractivity contribution in [3.63, 3.8) is 0 Å². The van der Waals surface area contributed by atoms with Crippen molar-refractivity contribution in [2.24, 2.45) is 17.8 Å². The van der Waals surface area contributed by atoms with Crippen LogP contribution in [0.3, 0.4) is 0 Å². The first-order valence-corrected chi connectivity index (χ1v) is 8.47. The zero-order valence-electron chi connectivity index (χ0n) is 13.6. The molecule has 0 aromatic carbocycles. The van der Waals surface area contributed by atoms with Crippen molar-refractivity contribution in [2.45, 2.75) is 65.0 Å². The van der Waals surface area contributed by atoms with Gasteiger partial charge in [0.25, 0.3) is 0 Å². The third-order valence-corrected chi connectivity index (χ3v) is 5.67. The van der Waals surface area contributed by atoms with Gasteiger partial charge in [0.15, 0.2) is 0 Å². The van der Waals surface area contributed by atoms with Crippen molar-refractivity contribution in [3.8, 4) is 6.07 Å². The fourth-order valence-electron chi connectivity index (χ4n) is 3.67. The van der Waals surface area contributed by atoms with Crippen molar-refractivity contribution >= 4 is 5.91 Å². The molecular weight excluding hydrogens is 262 g/mol. The summed E-state index contributed by atoms with van der Waals surface area (Å²) in [5.74, 6) is 1.61. The minimum absolute atomic E-state index is 0.0749. The van der Waals surface area contributed by atoms with Crippen LogP contribution in [0.2, 0.25) is 0 Å². The highest BCUT2D eigenvalue weighted by atomic mass is 16.2. The predicted octanol–water partition coefficient (Wildman–Crippen LogP) is 2.55. The summed E-state index contributed by atoms with van der Waals surface area (Å²) in [5.41, 5.74) is 0. The number of amides is 1. The number of hydrogen-bond acceptors (Lipinski definition) is 3. The van der Waals surface area contributed by atoms with Gasteiger partial charge >= 0.3 is 0 Å². The molecule has 0 bridgehead atoms. The Bertz CT molecular complexity index is 395. The topological polar surface area (TPSA) is 56.1 Å². The summed E-state index contributed by atoms with van der Waals surface area (Å²) in [6.45, 7) is 8.28. The van der Waals surface area contributed by atoms with Crippen molar-refractivity contribution in [3.05, 3.63) is 0 Å². The maximum Gasteiger partial charge on any atom is 0.237 e. The second kappa shape index (κ2) is 7.26. The molecule has 4 unspecified atom stereocenters. The summed E-state index contributed by atoms with van der Waals surface area (Å²) in [7, 11) is 0. The highest BCUT2D eigenvalue weighted by Crippen LogP contribution is 2.29. The number of nitrogens with one attached hydrogen (secondary N) is 1. The molecule has 118 valence electrons. The molecule has 2 fully saturated rings. The van der Waals surface area contributed by atoms with E-state index in [1.165, 1.54) is 12.8 Å². The SMILES string of the molecule is CC1CCCC(NC(=O)C(C)N2CCC(C#N)CC2)C1C. The molecule has 1 saturated carbocycles. The van der Waals surface area contributed by atoms with Gasteiger partial charge in [-0.2, -0.15) is 5.26 Å². The van der Waals surface area contributed by atoms with Crippen molar-refractivity contribution in [1.29, 1.82) is 5.26 Å². The number of carbonyl (C=O) groups is 1. The quantitative estimate of drug-likeness (QED) is 0.869. The lowest BCUT2D eigenvalue weighted by atomic mass is 9.78. The van der Waals surface area contributed by atoms with E-state index in [0.29, 0.717) is 17.9 Å². The number of rotatable bonds is 3. The number of hydrogen-bond donors (Lipinski definition) is 1. The number of nitrogens with zero attached hydrogens (tertiary/aromatic N) is 2. The molecule has 4 nitrogen and oxygen atoms in total. The van der Waals surface area contributed by atoms with Gasteiger partial charge in [0.05, 0.1) is 12.1 Å². The zero-order valence-corrected chi connectivity index (χ0v) is 13.6. The third kappa shape index (κ3) is 3.97. The first-order valence-electron chi connectivity index (χ1n) is 8.47. The summed E-state index contributed by atoms with van der Waals surface area (Å²) in [6.07, 6.45) is 5.40. The Morgan fingerprint density at radius 1 is 1.24 bits per heavy atom. The Morgan fingerprint density at radius 3 is 2.52 bits per heavy atom. The minimum atomic E-state index is -0.0749. The Balaban J connectivity index is 1.84. The average molecular weight is 291 g/mol. The first-order chi connectivity index (χ1) is 10.0. The van der Waals surface area contributed by atoms with Crippen LogP contribution in [-0.2, 0) is 4.79 Å².